The fraction of sp³-hybridized carbons (Fsp3) is 0.800. The van der Waals surface area contributed by atoms with E-state index >= 15 is 0 Å². The van der Waals surface area contributed by atoms with Gasteiger partial charge in [-0.05, 0) is 6.92 Å². The molecule has 0 rings (SSSR count). The monoisotopic (exact) mass is 133 g/mol. The largest absolute Gasteiger partial charge is 0.395 e. The highest BCUT2D eigenvalue weighted by Gasteiger charge is 2.05. The van der Waals surface area contributed by atoms with Crippen LogP contribution in [-0.2, 0) is 4.79 Å². The van der Waals surface area contributed by atoms with Crippen LogP contribution in [0.15, 0.2) is 0 Å². The van der Waals surface area contributed by atoms with Gasteiger partial charge in [0.2, 0.25) is 5.91 Å². The molecule has 0 saturated heterocycles. The van der Waals surface area contributed by atoms with Gasteiger partial charge in [0.25, 0.3) is 0 Å². The molecule has 0 heterocycles. The summed E-state index contributed by atoms with van der Waals surface area (Å²) in [4.78, 5) is 10.4. The van der Waals surface area contributed by atoms with Gasteiger partial charge in [-0.3, -0.25) is 4.79 Å². The standard InChI is InChI=1S/C5H11NO3/c1-4(8)5(9)6-2-3-7/h4,7-8H,2-3H2,1H3,(H,6,9). The van der Waals surface area contributed by atoms with Crippen molar-refractivity contribution in [2.24, 2.45) is 0 Å². The van der Waals surface area contributed by atoms with E-state index in [1.54, 1.807) is 0 Å². The van der Waals surface area contributed by atoms with Crippen LogP contribution in [0.5, 0.6) is 0 Å². The molecule has 0 aliphatic heterocycles. The van der Waals surface area contributed by atoms with Gasteiger partial charge >= 0.3 is 0 Å². The quantitative estimate of drug-likeness (QED) is 0.437. The van der Waals surface area contributed by atoms with Gasteiger partial charge in [-0.25, -0.2) is 0 Å². The zero-order valence-corrected chi connectivity index (χ0v) is 5.29. The Morgan fingerprint density at radius 2 is 2.33 bits per heavy atom. The van der Waals surface area contributed by atoms with Crippen molar-refractivity contribution in [3.8, 4) is 0 Å². The molecule has 54 valence electrons. The van der Waals surface area contributed by atoms with E-state index in [1.807, 2.05) is 0 Å². The number of rotatable bonds is 3. The first-order valence-electron chi connectivity index (χ1n) is 2.75. The smallest absolute Gasteiger partial charge is 0.248 e. The van der Waals surface area contributed by atoms with E-state index in [0.29, 0.717) is 0 Å². The van der Waals surface area contributed by atoms with E-state index in [9.17, 15) is 4.79 Å². The zero-order valence-electron chi connectivity index (χ0n) is 5.29. The molecule has 0 fully saturated rings. The number of hydrogen-bond donors (Lipinski definition) is 3. The summed E-state index contributed by atoms with van der Waals surface area (Å²) in [6.45, 7) is 1.47. The van der Waals surface area contributed by atoms with E-state index in [4.69, 9.17) is 10.2 Å². The van der Waals surface area contributed by atoms with Crippen LogP contribution in [0.3, 0.4) is 0 Å². The molecule has 9 heavy (non-hydrogen) atoms. The summed E-state index contributed by atoms with van der Waals surface area (Å²) in [5.74, 6) is -0.455. The van der Waals surface area contributed by atoms with Gasteiger partial charge in [0.15, 0.2) is 0 Å². The average Bonchev–Trinajstić information content (AvgIpc) is 1.82. The molecule has 4 nitrogen and oxygen atoms in total. The summed E-state index contributed by atoms with van der Waals surface area (Å²) in [6.07, 6.45) is -0.989. The Bertz CT molecular complexity index is 92.2. The lowest BCUT2D eigenvalue weighted by Gasteiger charge is -2.03. The summed E-state index contributed by atoms with van der Waals surface area (Å²) >= 11 is 0. The molecule has 0 aromatic heterocycles. The van der Waals surface area contributed by atoms with Crippen molar-refractivity contribution in [3.05, 3.63) is 0 Å². The number of nitrogens with one attached hydrogen (secondary N) is 1. The molecule has 0 aliphatic rings. The van der Waals surface area contributed by atoms with Gasteiger partial charge in [0.05, 0.1) is 6.61 Å². The van der Waals surface area contributed by atoms with Crippen LogP contribution in [0.1, 0.15) is 6.92 Å². The highest BCUT2D eigenvalue weighted by molar-refractivity contribution is 5.79. The molecule has 1 atom stereocenters. The normalized spacial score (nSPS) is 12.8. The molecule has 0 aromatic carbocycles. The number of carbonyl (C=O) groups is 1. The Morgan fingerprint density at radius 1 is 1.78 bits per heavy atom. The SMILES string of the molecule is CC(O)C(=O)NCCO. The maximum absolute atomic E-state index is 10.4. The Kier molecular flexibility index (Phi) is 4.00. The minimum Gasteiger partial charge on any atom is -0.395 e. The van der Waals surface area contributed by atoms with E-state index in [0.717, 1.165) is 0 Å². The third-order valence-electron chi connectivity index (χ3n) is 0.790. The van der Waals surface area contributed by atoms with Gasteiger partial charge in [0.1, 0.15) is 6.10 Å². The molecule has 0 bridgehead atoms. The van der Waals surface area contributed by atoms with Crippen molar-refractivity contribution in [1.29, 1.82) is 0 Å². The molecule has 0 radical (unpaired) electrons. The second-order valence-corrected chi connectivity index (χ2v) is 1.69. The molecule has 0 aromatic rings. The van der Waals surface area contributed by atoms with Crippen molar-refractivity contribution < 1.29 is 15.0 Å². The second kappa shape index (κ2) is 4.29. The molecular weight excluding hydrogens is 122 g/mol. The molecule has 3 N–H and O–H groups in total. The first kappa shape index (κ1) is 8.39. The topological polar surface area (TPSA) is 69.6 Å². The van der Waals surface area contributed by atoms with Crippen molar-refractivity contribution in [2.45, 2.75) is 13.0 Å². The Labute approximate surface area is 53.5 Å². The number of amides is 1. The number of aliphatic hydroxyl groups excluding tert-OH is 2. The van der Waals surface area contributed by atoms with Crippen LogP contribution < -0.4 is 5.32 Å². The lowest BCUT2D eigenvalue weighted by atomic mass is 10.4. The molecule has 1 unspecified atom stereocenters. The van der Waals surface area contributed by atoms with Crippen molar-refractivity contribution >= 4 is 5.91 Å². The predicted octanol–water partition coefficient (Wildman–Crippen LogP) is -1.52. The average molecular weight is 133 g/mol. The highest BCUT2D eigenvalue weighted by atomic mass is 16.3. The van der Waals surface area contributed by atoms with Gasteiger partial charge in [-0.1, -0.05) is 0 Å². The molecule has 0 aliphatic carbocycles. The maximum atomic E-state index is 10.4. The lowest BCUT2D eigenvalue weighted by molar-refractivity contribution is -0.128. The van der Waals surface area contributed by atoms with Gasteiger partial charge < -0.3 is 15.5 Å². The number of aliphatic hydroxyl groups is 2. The molecule has 4 heteroatoms. The third-order valence-corrected chi connectivity index (χ3v) is 0.790. The second-order valence-electron chi connectivity index (χ2n) is 1.69. The van der Waals surface area contributed by atoms with Crippen molar-refractivity contribution in [2.75, 3.05) is 13.2 Å². The third kappa shape index (κ3) is 3.93. The summed E-state index contributed by atoms with van der Waals surface area (Å²) in [7, 11) is 0. The van der Waals surface area contributed by atoms with E-state index in [2.05, 4.69) is 5.32 Å². The first-order valence-corrected chi connectivity index (χ1v) is 2.75. The van der Waals surface area contributed by atoms with Crippen LogP contribution >= 0.6 is 0 Å². The molecular formula is C5H11NO3. The van der Waals surface area contributed by atoms with E-state index < -0.39 is 12.0 Å². The van der Waals surface area contributed by atoms with E-state index in [-0.39, 0.29) is 13.2 Å². The minimum atomic E-state index is -0.989. The number of carbonyl (C=O) groups excluding carboxylic acids is 1. The van der Waals surface area contributed by atoms with Crippen LogP contribution in [0.4, 0.5) is 0 Å². The first-order chi connectivity index (χ1) is 4.18. The molecule has 0 saturated carbocycles. The zero-order chi connectivity index (χ0) is 7.28. The van der Waals surface area contributed by atoms with Gasteiger partial charge in [0, 0.05) is 6.54 Å². The minimum absolute atomic E-state index is 0.0987. The Hall–Kier alpha value is -0.610. The maximum Gasteiger partial charge on any atom is 0.248 e. The molecule has 0 spiro atoms. The Morgan fingerprint density at radius 3 is 2.67 bits per heavy atom. The Balaban J connectivity index is 3.28. The predicted molar refractivity (Wildman–Crippen MR) is 31.8 cm³/mol. The van der Waals surface area contributed by atoms with Crippen LogP contribution in [0.2, 0.25) is 0 Å². The summed E-state index contributed by atoms with van der Waals surface area (Å²) in [6, 6.07) is 0. The fourth-order valence-electron chi connectivity index (χ4n) is 0.327. The fourth-order valence-corrected chi connectivity index (χ4v) is 0.327. The van der Waals surface area contributed by atoms with Gasteiger partial charge in [-0.2, -0.15) is 0 Å². The van der Waals surface area contributed by atoms with Crippen molar-refractivity contribution in [3.63, 3.8) is 0 Å². The van der Waals surface area contributed by atoms with Crippen molar-refractivity contribution in [1.82, 2.24) is 5.32 Å². The van der Waals surface area contributed by atoms with E-state index in [1.165, 1.54) is 6.92 Å². The van der Waals surface area contributed by atoms with Crippen LogP contribution in [-0.4, -0.2) is 35.4 Å². The number of hydrogen-bond acceptors (Lipinski definition) is 3. The summed E-state index contributed by atoms with van der Waals surface area (Å²) < 4.78 is 0. The summed E-state index contributed by atoms with van der Waals surface area (Å²) in [5.41, 5.74) is 0. The lowest BCUT2D eigenvalue weighted by Crippen LogP contribution is -2.34. The van der Waals surface area contributed by atoms with Gasteiger partial charge in [-0.15, -0.1) is 0 Å². The van der Waals surface area contributed by atoms with Crippen LogP contribution in [0, 0.1) is 0 Å². The highest BCUT2D eigenvalue weighted by Crippen LogP contribution is 1.76. The molecule has 1 amide bonds. The van der Waals surface area contributed by atoms with Crippen LogP contribution in [0.25, 0.3) is 0 Å². The summed E-state index contributed by atoms with van der Waals surface area (Å²) in [5, 5.41) is 19.0.